The molecule has 0 aromatic heterocycles. The van der Waals surface area contributed by atoms with E-state index in [1.54, 1.807) is 7.11 Å². The van der Waals surface area contributed by atoms with Gasteiger partial charge in [-0.25, -0.2) is 4.79 Å². The number of methoxy groups -OCH3 is 1. The summed E-state index contributed by atoms with van der Waals surface area (Å²) >= 11 is 0. The lowest BCUT2D eigenvalue weighted by Crippen LogP contribution is -2.44. The molecule has 2 aliphatic rings. The van der Waals surface area contributed by atoms with E-state index in [-0.39, 0.29) is 24.2 Å². The highest BCUT2D eigenvalue weighted by atomic mass is 16.5. The van der Waals surface area contributed by atoms with Gasteiger partial charge in [-0.05, 0) is 18.1 Å². The van der Waals surface area contributed by atoms with Gasteiger partial charge in [0.25, 0.3) is 0 Å². The summed E-state index contributed by atoms with van der Waals surface area (Å²) in [4.78, 5) is 16.7. The predicted octanol–water partition coefficient (Wildman–Crippen LogP) is 2.91. The monoisotopic (exact) mass is 286 g/mol. The van der Waals surface area contributed by atoms with Gasteiger partial charge in [-0.2, -0.15) is 0 Å². The molecule has 112 valence electrons. The third-order valence-corrected chi connectivity index (χ3v) is 4.16. The van der Waals surface area contributed by atoms with E-state index in [1.165, 1.54) is 0 Å². The smallest absolute Gasteiger partial charge is 0.325 e. The lowest BCUT2D eigenvalue weighted by molar-refractivity contribution is 0.0738. The fraction of sp³-hybridized carbons (Fsp3) is 0.471. The third-order valence-electron chi connectivity index (χ3n) is 4.16. The summed E-state index contributed by atoms with van der Waals surface area (Å²) in [6.45, 7) is 5.03. The van der Waals surface area contributed by atoms with Crippen molar-refractivity contribution in [3.8, 4) is 0 Å². The number of carbonyl (C=O) groups excluding carboxylic acids is 1. The van der Waals surface area contributed by atoms with Crippen molar-refractivity contribution in [1.29, 1.82) is 0 Å². The number of para-hydroxylation sites is 1. The number of rotatable bonds is 4. The molecule has 0 radical (unpaired) electrons. The van der Waals surface area contributed by atoms with Crippen LogP contribution in [0.15, 0.2) is 42.5 Å². The van der Waals surface area contributed by atoms with Crippen molar-refractivity contribution in [2.24, 2.45) is 5.92 Å². The molecule has 0 N–H and O–H groups in total. The Morgan fingerprint density at radius 2 is 1.90 bits per heavy atom. The molecule has 2 unspecified atom stereocenters. The van der Waals surface area contributed by atoms with Crippen LogP contribution in [0.3, 0.4) is 0 Å². The quantitative estimate of drug-likeness (QED) is 0.797. The zero-order chi connectivity index (χ0) is 15.0. The number of fused-ring (bicyclic) bond motifs is 1. The van der Waals surface area contributed by atoms with E-state index in [0.717, 1.165) is 12.2 Å². The van der Waals surface area contributed by atoms with Gasteiger partial charge in [-0.1, -0.05) is 44.2 Å². The highest BCUT2D eigenvalue weighted by molar-refractivity contribution is 5.96. The maximum absolute atomic E-state index is 12.9. The van der Waals surface area contributed by atoms with Gasteiger partial charge in [0.05, 0.1) is 18.2 Å². The van der Waals surface area contributed by atoms with Crippen molar-refractivity contribution >= 4 is 11.7 Å². The van der Waals surface area contributed by atoms with Crippen LogP contribution in [0, 0.1) is 5.92 Å². The summed E-state index contributed by atoms with van der Waals surface area (Å²) in [7, 11) is 1.71. The van der Waals surface area contributed by atoms with Crippen LogP contribution in [-0.4, -0.2) is 42.8 Å². The number of benzene rings is 1. The second-order valence-corrected chi connectivity index (χ2v) is 6.10. The molecule has 4 nitrogen and oxygen atoms in total. The fourth-order valence-corrected chi connectivity index (χ4v) is 3.32. The molecule has 3 atom stereocenters. The standard InChI is InChI=1S/C17H22N2O2/c1-12(2)11-18-16-14(9-10-15(16)21-3)19(17(18)20)13-7-5-4-6-8-13/h4-10,12,14-16H,11H2,1-3H3/t14?,15-,16?/m1/s1. The molecule has 3 rings (SSSR count). The lowest BCUT2D eigenvalue weighted by atomic mass is 10.1. The maximum atomic E-state index is 12.9. The Balaban J connectivity index is 1.96. The zero-order valence-corrected chi connectivity index (χ0v) is 12.8. The number of amides is 2. The number of urea groups is 1. The molecular formula is C17H22N2O2. The molecule has 0 bridgehead atoms. The van der Waals surface area contributed by atoms with Gasteiger partial charge in [-0.3, -0.25) is 4.90 Å². The van der Waals surface area contributed by atoms with Gasteiger partial charge in [-0.15, -0.1) is 0 Å². The van der Waals surface area contributed by atoms with E-state index < -0.39 is 0 Å². The summed E-state index contributed by atoms with van der Waals surface area (Å²) in [6, 6.07) is 10.1. The maximum Gasteiger partial charge on any atom is 0.325 e. The Morgan fingerprint density at radius 3 is 2.52 bits per heavy atom. The Labute approximate surface area is 126 Å². The van der Waals surface area contributed by atoms with E-state index in [4.69, 9.17) is 4.74 Å². The number of hydrogen-bond acceptors (Lipinski definition) is 2. The van der Waals surface area contributed by atoms with Crippen LogP contribution >= 0.6 is 0 Å². The topological polar surface area (TPSA) is 32.8 Å². The molecule has 1 aromatic carbocycles. The summed E-state index contributed by atoms with van der Waals surface area (Å²) in [6.07, 6.45) is 4.15. The lowest BCUT2D eigenvalue weighted by Gasteiger charge is -2.28. The van der Waals surface area contributed by atoms with Gasteiger partial charge < -0.3 is 9.64 Å². The van der Waals surface area contributed by atoms with Crippen LogP contribution < -0.4 is 4.90 Å². The Kier molecular flexibility index (Phi) is 3.72. The molecule has 0 saturated carbocycles. The number of anilines is 1. The van der Waals surface area contributed by atoms with Crippen molar-refractivity contribution in [2.75, 3.05) is 18.6 Å². The number of nitrogens with zero attached hydrogens (tertiary/aromatic N) is 2. The minimum Gasteiger partial charge on any atom is -0.375 e. The first-order chi connectivity index (χ1) is 10.1. The number of carbonyl (C=O) groups is 1. The Morgan fingerprint density at radius 1 is 1.19 bits per heavy atom. The van der Waals surface area contributed by atoms with Crippen molar-refractivity contribution in [3.05, 3.63) is 42.5 Å². The van der Waals surface area contributed by atoms with E-state index in [9.17, 15) is 4.79 Å². The summed E-state index contributed by atoms with van der Waals surface area (Å²) in [5.74, 6) is 0.434. The van der Waals surface area contributed by atoms with Crippen molar-refractivity contribution in [1.82, 2.24) is 4.90 Å². The van der Waals surface area contributed by atoms with Crippen LogP contribution in [0.2, 0.25) is 0 Å². The molecule has 21 heavy (non-hydrogen) atoms. The molecule has 2 amide bonds. The predicted molar refractivity (Wildman–Crippen MR) is 83.4 cm³/mol. The first kappa shape index (κ1) is 14.1. The largest absolute Gasteiger partial charge is 0.375 e. The highest BCUT2D eigenvalue weighted by Gasteiger charge is 2.50. The third kappa shape index (κ3) is 2.33. The molecule has 0 spiro atoms. The van der Waals surface area contributed by atoms with Crippen LogP contribution in [0.4, 0.5) is 10.5 Å². The van der Waals surface area contributed by atoms with E-state index >= 15 is 0 Å². The van der Waals surface area contributed by atoms with E-state index in [1.807, 2.05) is 40.1 Å². The molecule has 4 heteroatoms. The van der Waals surface area contributed by atoms with Crippen molar-refractivity contribution in [2.45, 2.75) is 32.0 Å². The average Bonchev–Trinajstić information content (AvgIpc) is 2.99. The Hall–Kier alpha value is -1.81. The second kappa shape index (κ2) is 5.53. The Bertz CT molecular complexity index is 541. The molecule has 1 aromatic rings. The summed E-state index contributed by atoms with van der Waals surface area (Å²) < 4.78 is 5.56. The van der Waals surface area contributed by atoms with Crippen LogP contribution in [0.1, 0.15) is 13.8 Å². The first-order valence-corrected chi connectivity index (χ1v) is 7.49. The number of hydrogen-bond donors (Lipinski definition) is 0. The fourth-order valence-electron chi connectivity index (χ4n) is 3.32. The number of ether oxygens (including phenoxy) is 1. The second-order valence-electron chi connectivity index (χ2n) is 6.10. The van der Waals surface area contributed by atoms with Gasteiger partial charge in [0, 0.05) is 19.3 Å². The van der Waals surface area contributed by atoms with Gasteiger partial charge in [0.1, 0.15) is 0 Å². The van der Waals surface area contributed by atoms with Crippen LogP contribution in [0.5, 0.6) is 0 Å². The molecule has 1 fully saturated rings. The normalized spacial score (nSPS) is 27.8. The van der Waals surface area contributed by atoms with Crippen LogP contribution in [0.25, 0.3) is 0 Å². The zero-order valence-electron chi connectivity index (χ0n) is 12.8. The van der Waals surface area contributed by atoms with E-state index in [0.29, 0.717) is 5.92 Å². The van der Waals surface area contributed by atoms with Gasteiger partial charge >= 0.3 is 6.03 Å². The van der Waals surface area contributed by atoms with Crippen molar-refractivity contribution in [3.63, 3.8) is 0 Å². The molecule has 1 aliphatic heterocycles. The minimum absolute atomic E-state index is 0.0218. The molecular weight excluding hydrogens is 264 g/mol. The first-order valence-electron chi connectivity index (χ1n) is 7.49. The highest BCUT2D eigenvalue weighted by Crippen LogP contribution is 2.36. The molecule has 1 heterocycles. The van der Waals surface area contributed by atoms with Gasteiger partial charge in [0.15, 0.2) is 0 Å². The van der Waals surface area contributed by atoms with Crippen LogP contribution in [-0.2, 0) is 4.74 Å². The SMILES string of the molecule is CO[C@@H]1C=CC2C1N(CC(C)C)C(=O)N2c1ccccc1. The van der Waals surface area contributed by atoms with E-state index in [2.05, 4.69) is 26.0 Å². The van der Waals surface area contributed by atoms with Crippen molar-refractivity contribution < 1.29 is 9.53 Å². The summed E-state index contributed by atoms with van der Waals surface area (Å²) in [5.41, 5.74) is 0.949. The van der Waals surface area contributed by atoms with Gasteiger partial charge in [0.2, 0.25) is 0 Å². The molecule has 1 saturated heterocycles. The average molecular weight is 286 g/mol. The molecule has 1 aliphatic carbocycles. The summed E-state index contributed by atoms with van der Waals surface area (Å²) in [5, 5.41) is 0. The minimum atomic E-state index is -0.0218.